The molecule has 0 aliphatic carbocycles. The van der Waals surface area contributed by atoms with E-state index in [2.05, 4.69) is 15.9 Å². The maximum Gasteiger partial charge on any atom is 0.197 e. The van der Waals surface area contributed by atoms with Crippen LogP contribution in [0.5, 0.6) is 0 Å². The lowest BCUT2D eigenvalue weighted by atomic mass is 10.1. The predicted molar refractivity (Wildman–Crippen MR) is 59.3 cm³/mol. The molecule has 1 aliphatic heterocycles. The van der Waals surface area contributed by atoms with E-state index in [1.165, 1.54) is 6.07 Å². The van der Waals surface area contributed by atoms with E-state index < -0.39 is 0 Å². The first-order valence-corrected chi connectivity index (χ1v) is 5.68. The molecule has 0 unspecified atom stereocenters. The molecule has 0 aromatic heterocycles. The number of hydrogen-bond donors (Lipinski definition) is 0. The molecular weight excluding hydrogens is 267 g/mol. The summed E-state index contributed by atoms with van der Waals surface area (Å²) in [6.45, 7) is 0. The van der Waals surface area contributed by atoms with Crippen LogP contribution in [-0.4, -0.2) is 5.12 Å². The SMILES string of the molecule is O=C1CC(c2ccc(Br)cc2F)=CS1. The molecule has 0 atom stereocenters. The fourth-order valence-electron chi connectivity index (χ4n) is 1.28. The first-order chi connectivity index (χ1) is 6.66. The van der Waals surface area contributed by atoms with Crippen molar-refractivity contribution in [3.63, 3.8) is 0 Å². The summed E-state index contributed by atoms with van der Waals surface area (Å²) in [4.78, 5) is 11.0. The molecular formula is C10H6BrFOS. The lowest BCUT2D eigenvalue weighted by Crippen LogP contribution is -1.90. The number of thioether (sulfide) groups is 1. The van der Waals surface area contributed by atoms with Crippen LogP contribution in [0.3, 0.4) is 0 Å². The van der Waals surface area contributed by atoms with Gasteiger partial charge in [-0.15, -0.1) is 0 Å². The van der Waals surface area contributed by atoms with Crippen molar-refractivity contribution < 1.29 is 9.18 Å². The van der Waals surface area contributed by atoms with Gasteiger partial charge < -0.3 is 0 Å². The van der Waals surface area contributed by atoms with Crippen molar-refractivity contribution in [1.29, 1.82) is 0 Å². The second-order valence-corrected chi connectivity index (χ2v) is 4.78. The van der Waals surface area contributed by atoms with Gasteiger partial charge in [0.15, 0.2) is 5.12 Å². The fraction of sp³-hybridized carbons (Fsp3) is 0.100. The van der Waals surface area contributed by atoms with E-state index in [1.54, 1.807) is 17.5 Å². The third kappa shape index (κ3) is 1.91. The summed E-state index contributed by atoms with van der Waals surface area (Å²) in [7, 11) is 0. The Morgan fingerprint density at radius 2 is 2.21 bits per heavy atom. The van der Waals surface area contributed by atoms with Crippen molar-refractivity contribution in [1.82, 2.24) is 0 Å². The molecule has 0 amide bonds. The Balaban J connectivity index is 2.38. The van der Waals surface area contributed by atoms with E-state index >= 15 is 0 Å². The van der Waals surface area contributed by atoms with Crippen LogP contribution in [0.25, 0.3) is 5.57 Å². The van der Waals surface area contributed by atoms with Crippen LogP contribution < -0.4 is 0 Å². The van der Waals surface area contributed by atoms with E-state index in [9.17, 15) is 9.18 Å². The Bertz CT molecular complexity index is 428. The second kappa shape index (κ2) is 3.87. The zero-order chi connectivity index (χ0) is 10.1. The quantitative estimate of drug-likeness (QED) is 0.777. The Kier molecular flexibility index (Phi) is 2.74. The standard InChI is InChI=1S/C10H6BrFOS/c11-7-1-2-8(9(12)4-7)6-3-10(13)14-5-6/h1-2,4-5H,3H2. The number of hydrogen-bond acceptors (Lipinski definition) is 2. The maximum absolute atomic E-state index is 13.4. The lowest BCUT2D eigenvalue weighted by Gasteiger charge is -2.02. The van der Waals surface area contributed by atoms with Crippen LogP contribution in [0.1, 0.15) is 12.0 Å². The fourth-order valence-corrected chi connectivity index (χ4v) is 2.34. The highest BCUT2D eigenvalue weighted by molar-refractivity contribution is 9.10. The van der Waals surface area contributed by atoms with Gasteiger partial charge in [-0.25, -0.2) is 4.39 Å². The molecule has 14 heavy (non-hydrogen) atoms. The number of rotatable bonds is 1. The molecule has 2 rings (SSSR count). The summed E-state index contributed by atoms with van der Waals surface area (Å²) in [6, 6.07) is 4.86. The molecule has 4 heteroatoms. The lowest BCUT2D eigenvalue weighted by molar-refractivity contribution is -0.109. The van der Waals surface area contributed by atoms with Gasteiger partial charge in [0.1, 0.15) is 5.82 Å². The van der Waals surface area contributed by atoms with Crippen molar-refractivity contribution in [2.75, 3.05) is 0 Å². The third-order valence-electron chi connectivity index (χ3n) is 1.94. The van der Waals surface area contributed by atoms with Crippen LogP contribution in [0, 0.1) is 5.82 Å². The minimum atomic E-state index is -0.291. The summed E-state index contributed by atoms with van der Waals surface area (Å²) in [6.07, 6.45) is 0.323. The largest absolute Gasteiger partial charge is 0.286 e. The van der Waals surface area contributed by atoms with Crippen molar-refractivity contribution in [3.05, 3.63) is 39.5 Å². The zero-order valence-electron chi connectivity index (χ0n) is 7.09. The number of carbonyl (C=O) groups is 1. The number of allylic oxidation sites excluding steroid dienone is 1. The summed E-state index contributed by atoms with van der Waals surface area (Å²) in [5, 5.41) is 1.79. The molecule has 72 valence electrons. The van der Waals surface area contributed by atoms with Gasteiger partial charge in [0.05, 0.1) is 0 Å². The van der Waals surface area contributed by atoms with Gasteiger partial charge in [0.25, 0.3) is 0 Å². The molecule has 1 aromatic carbocycles. The van der Waals surface area contributed by atoms with E-state index in [0.717, 1.165) is 17.3 Å². The smallest absolute Gasteiger partial charge is 0.197 e. The number of benzene rings is 1. The molecule has 1 aromatic rings. The first kappa shape index (κ1) is 9.93. The monoisotopic (exact) mass is 272 g/mol. The van der Waals surface area contributed by atoms with Crippen LogP contribution in [0.15, 0.2) is 28.1 Å². The Labute approximate surface area is 93.5 Å². The van der Waals surface area contributed by atoms with Crippen LogP contribution in [0.2, 0.25) is 0 Å². The van der Waals surface area contributed by atoms with Crippen molar-refractivity contribution in [2.45, 2.75) is 6.42 Å². The van der Waals surface area contributed by atoms with Crippen LogP contribution >= 0.6 is 27.7 Å². The summed E-state index contributed by atoms with van der Waals surface area (Å²) in [5.41, 5.74) is 1.29. The minimum Gasteiger partial charge on any atom is -0.286 e. The molecule has 0 saturated heterocycles. The van der Waals surface area contributed by atoms with E-state index in [-0.39, 0.29) is 10.9 Å². The van der Waals surface area contributed by atoms with E-state index in [0.29, 0.717) is 16.5 Å². The van der Waals surface area contributed by atoms with Gasteiger partial charge in [-0.2, -0.15) is 0 Å². The zero-order valence-corrected chi connectivity index (χ0v) is 9.49. The molecule has 1 aliphatic rings. The maximum atomic E-state index is 13.4. The molecule has 0 fully saturated rings. The molecule has 0 saturated carbocycles. The molecule has 0 spiro atoms. The average Bonchev–Trinajstić information content (AvgIpc) is 2.51. The number of halogens is 2. The highest BCUT2D eigenvalue weighted by Gasteiger charge is 2.17. The highest BCUT2D eigenvalue weighted by atomic mass is 79.9. The predicted octanol–water partition coefficient (Wildman–Crippen LogP) is 3.59. The molecule has 0 N–H and O–H groups in total. The molecule has 1 nitrogen and oxygen atoms in total. The highest BCUT2D eigenvalue weighted by Crippen LogP contribution is 2.33. The summed E-state index contributed by atoms with van der Waals surface area (Å²) >= 11 is 4.32. The topological polar surface area (TPSA) is 17.1 Å². The van der Waals surface area contributed by atoms with Gasteiger partial charge in [-0.1, -0.05) is 33.8 Å². The Morgan fingerprint density at radius 3 is 2.79 bits per heavy atom. The van der Waals surface area contributed by atoms with Crippen molar-refractivity contribution in [2.24, 2.45) is 0 Å². The molecule has 1 heterocycles. The number of carbonyl (C=O) groups excluding carboxylic acids is 1. The van der Waals surface area contributed by atoms with Gasteiger partial charge in [0, 0.05) is 16.5 Å². The third-order valence-corrected chi connectivity index (χ3v) is 3.25. The Morgan fingerprint density at radius 1 is 1.43 bits per heavy atom. The van der Waals surface area contributed by atoms with Gasteiger partial charge in [0.2, 0.25) is 0 Å². The normalized spacial score (nSPS) is 15.9. The van der Waals surface area contributed by atoms with Crippen LogP contribution in [0.4, 0.5) is 4.39 Å². The van der Waals surface area contributed by atoms with E-state index in [1.807, 2.05) is 0 Å². The van der Waals surface area contributed by atoms with Crippen molar-refractivity contribution in [3.8, 4) is 0 Å². The average molecular weight is 273 g/mol. The van der Waals surface area contributed by atoms with Crippen LogP contribution in [-0.2, 0) is 4.79 Å². The molecule has 0 bridgehead atoms. The molecule has 0 radical (unpaired) electrons. The van der Waals surface area contributed by atoms with Gasteiger partial charge in [-0.3, -0.25) is 4.79 Å². The van der Waals surface area contributed by atoms with E-state index in [4.69, 9.17) is 0 Å². The summed E-state index contributed by atoms with van der Waals surface area (Å²) in [5.74, 6) is -0.291. The Hall–Kier alpha value is -0.610. The van der Waals surface area contributed by atoms with Gasteiger partial charge in [-0.05, 0) is 23.1 Å². The van der Waals surface area contributed by atoms with Crippen molar-refractivity contribution >= 4 is 38.4 Å². The summed E-state index contributed by atoms with van der Waals surface area (Å²) < 4.78 is 14.1. The first-order valence-electron chi connectivity index (χ1n) is 4.01. The van der Waals surface area contributed by atoms with Gasteiger partial charge >= 0.3 is 0 Å². The minimum absolute atomic E-state index is 0.0716. The second-order valence-electron chi connectivity index (χ2n) is 2.93.